The predicted molar refractivity (Wildman–Crippen MR) is 140 cm³/mol. The summed E-state index contributed by atoms with van der Waals surface area (Å²) in [6.45, 7) is 4.44. The summed E-state index contributed by atoms with van der Waals surface area (Å²) in [7, 11) is 0. The Balaban J connectivity index is 1.37. The molecule has 5 rings (SSSR count). The fourth-order valence-electron chi connectivity index (χ4n) is 3.78. The Kier molecular flexibility index (Phi) is 6.85. The molecular formula is C26H24ClN5OS. The van der Waals surface area contributed by atoms with Crippen molar-refractivity contribution < 1.29 is 4.74 Å². The normalized spacial score (nSPS) is 11.2. The van der Waals surface area contributed by atoms with E-state index in [0.717, 1.165) is 52.3 Å². The molecular weight excluding hydrogens is 466 g/mol. The minimum atomic E-state index is 0.358. The van der Waals surface area contributed by atoms with Gasteiger partial charge in [-0.05, 0) is 61.5 Å². The number of benzene rings is 2. The Morgan fingerprint density at radius 3 is 2.79 bits per heavy atom. The smallest absolute Gasteiger partial charge is 0.143 e. The van der Waals surface area contributed by atoms with Crippen molar-refractivity contribution in [3.63, 3.8) is 0 Å². The first-order chi connectivity index (χ1) is 16.7. The maximum atomic E-state index is 6.50. The van der Waals surface area contributed by atoms with Crippen molar-refractivity contribution in [2.45, 2.75) is 20.0 Å². The largest absolute Gasteiger partial charge is 0.486 e. The molecule has 0 bridgehead atoms. The van der Waals surface area contributed by atoms with Gasteiger partial charge in [0, 0.05) is 22.0 Å². The second kappa shape index (κ2) is 10.3. The van der Waals surface area contributed by atoms with Gasteiger partial charge in [-0.25, -0.2) is 9.97 Å². The van der Waals surface area contributed by atoms with Crippen molar-refractivity contribution in [1.82, 2.24) is 20.3 Å². The molecule has 6 nitrogen and oxygen atoms in total. The maximum absolute atomic E-state index is 6.50. The van der Waals surface area contributed by atoms with Crippen LogP contribution >= 0.6 is 22.9 Å². The van der Waals surface area contributed by atoms with Gasteiger partial charge in [0.05, 0.1) is 16.1 Å². The molecule has 0 fully saturated rings. The van der Waals surface area contributed by atoms with Gasteiger partial charge in [0.2, 0.25) is 0 Å². The zero-order chi connectivity index (χ0) is 23.3. The minimum Gasteiger partial charge on any atom is -0.486 e. The minimum absolute atomic E-state index is 0.358. The van der Waals surface area contributed by atoms with Crippen LogP contribution in [0.1, 0.15) is 18.2 Å². The van der Waals surface area contributed by atoms with Crippen LogP contribution in [-0.4, -0.2) is 28.0 Å². The average molecular weight is 490 g/mol. The number of likely N-dealkylation sites (N-methyl/N-ethyl adjacent to an activating group) is 1. The van der Waals surface area contributed by atoms with Crippen LogP contribution in [0.5, 0.6) is 5.75 Å². The molecule has 172 valence electrons. The molecule has 0 radical (unpaired) electrons. The molecule has 5 aromatic rings. The number of anilines is 2. The summed E-state index contributed by atoms with van der Waals surface area (Å²) in [4.78, 5) is 14.3. The summed E-state index contributed by atoms with van der Waals surface area (Å²) in [5.74, 6) is 1.37. The third-order valence-corrected chi connectivity index (χ3v) is 6.83. The summed E-state index contributed by atoms with van der Waals surface area (Å²) in [6.07, 6.45) is 4.34. The summed E-state index contributed by atoms with van der Waals surface area (Å²) in [5.41, 5.74) is 2.99. The zero-order valence-electron chi connectivity index (χ0n) is 18.7. The van der Waals surface area contributed by atoms with Crippen molar-refractivity contribution in [2.24, 2.45) is 0 Å². The highest BCUT2D eigenvalue weighted by Crippen LogP contribution is 2.38. The molecule has 0 aliphatic carbocycles. The molecule has 0 aliphatic rings. The Hall–Kier alpha value is -3.26. The highest BCUT2D eigenvalue weighted by atomic mass is 35.5. The molecule has 8 heteroatoms. The Morgan fingerprint density at radius 1 is 1.03 bits per heavy atom. The molecule has 0 saturated carbocycles. The van der Waals surface area contributed by atoms with Gasteiger partial charge in [-0.15, -0.1) is 11.3 Å². The molecule has 0 atom stereocenters. The number of fused-ring (bicyclic) bond motifs is 3. The fraction of sp³-hybridized carbons (Fsp3) is 0.192. The van der Waals surface area contributed by atoms with Gasteiger partial charge < -0.3 is 15.4 Å². The van der Waals surface area contributed by atoms with Crippen LogP contribution in [0.4, 0.5) is 11.5 Å². The fourth-order valence-corrected chi connectivity index (χ4v) is 5.12. The number of aromatic nitrogens is 3. The van der Waals surface area contributed by atoms with Crippen LogP contribution in [0.3, 0.4) is 0 Å². The molecule has 2 aromatic carbocycles. The lowest BCUT2D eigenvalue weighted by Gasteiger charge is -2.11. The van der Waals surface area contributed by atoms with E-state index in [0.29, 0.717) is 17.4 Å². The van der Waals surface area contributed by atoms with Gasteiger partial charge in [-0.3, -0.25) is 4.98 Å². The van der Waals surface area contributed by atoms with E-state index >= 15 is 0 Å². The first kappa shape index (κ1) is 22.5. The lowest BCUT2D eigenvalue weighted by Crippen LogP contribution is -2.15. The van der Waals surface area contributed by atoms with E-state index in [-0.39, 0.29) is 0 Å². The number of hydrogen-bond donors (Lipinski definition) is 2. The first-order valence-electron chi connectivity index (χ1n) is 11.2. The maximum Gasteiger partial charge on any atom is 0.143 e. The van der Waals surface area contributed by atoms with Crippen LogP contribution in [0.2, 0.25) is 5.02 Å². The molecule has 3 aromatic heterocycles. The second-order valence-electron chi connectivity index (χ2n) is 7.82. The van der Waals surface area contributed by atoms with Crippen LogP contribution in [0.15, 0.2) is 67.1 Å². The van der Waals surface area contributed by atoms with Crippen LogP contribution in [0.25, 0.3) is 20.3 Å². The number of ether oxygens (including phenoxy) is 1. The van der Waals surface area contributed by atoms with Crippen molar-refractivity contribution >= 4 is 54.7 Å². The van der Waals surface area contributed by atoms with Gasteiger partial charge >= 0.3 is 0 Å². The van der Waals surface area contributed by atoms with E-state index in [1.54, 1.807) is 23.9 Å². The van der Waals surface area contributed by atoms with Crippen molar-refractivity contribution in [2.75, 3.05) is 18.4 Å². The van der Waals surface area contributed by atoms with Crippen molar-refractivity contribution in [1.29, 1.82) is 0 Å². The van der Waals surface area contributed by atoms with Crippen molar-refractivity contribution in [3.05, 3.63) is 83.4 Å². The third-order valence-electron chi connectivity index (χ3n) is 5.47. The predicted octanol–water partition coefficient (Wildman–Crippen LogP) is 6.37. The molecule has 3 heterocycles. The Labute approximate surface area is 207 Å². The number of halogens is 1. The van der Waals surface area contributed by atoms with E-state index in [9.17, 15) is 0 Å². The lowest BCUT2D eigenvalue weighted by molar-refractivity contribution is 0.301. The van der Waals surface area contributed by atoms with Gasteiger partial charge in [-0.1, -0.05) is 36.7 Å². The van der Waals surface area contributed by atoms with Gasteiger partial charge in [0.1, 0.15) is 29.3 Å². The SMILES string of the molecule is CCNCCc1ccc2c(c1)sc1ncnc(Nc3ccc(OCc4ccccn4)c(Cl)c3)c12. The van der Waals surface area contributed by atoms with E-state index < -0.39 is 0 Å². The van der Waals surface area contributed by atoms with Gasteiger partial charge in [0.25, 0.3) is 0 Å². The summed E-state index contributed by atoms with van der Waals surface area (Å²) < 4.78 is 7.05. The molecule has 0 unspecified atom stereocenters. The number of hydrogen-bond acceptors (Lipinski definition) is 7. The number of nitrogens with zero attached hydrogens (tertiary/aromatic N) is 3. The third kappa shape index (κ3) is 4.97. The molecule has 0 amide bonds. The highest BCUT2D eigenvalue weighted by Gasteiger charge is 2.13. The van der Waals surface area contributed by atoms with E-state index in [1.807, 2.05) is 36.4 Å². The molecule has 0 saturated heterocycles. The number of rotatable bonds is 9. The van der Waals surface area contributed by atoms with Gasteiger partial charge in [0.15, 0.2) is 0 Å². The summed E-state index contributed by atoms with van der Waals surface area (Å²) in [5, 5.41) is 9.49. The van der Waals surface area contributed by atoms with Crippen molar-refractivity contribution in [3.8, 4) is 5.75 Å². The Morgan fingerprint density at radius 2 is 1.97 bits per heavy atom. The number of pyridine rings is 1. The molecule has 34 heavy (non-hydrogen) atoms. The lowest BCUT2D eigenvalue weighted by atomic mass is 10.1. The van der Waals surface area contributed by atoms with Crippen LogP contribution < -0.4 is 15.4 Å². The van der Waals surface area contributed by atoms with Crippen LogP contribution in [0, 0.1) is 0 Å². The van der Waals surface area contributed by atoms with E-state index in [1.165, 1.54) is 10.3 Å². The standard InChI is InChI=1S/C26H24ClN5OS/c1-2-28-12-10-17-6-8-20-23(13-17)34-26-24(20)25(30-16-31-26)32-18-7-9-22(21(27)14-18)33-15-19-5-3-4-11-29-19/h3-9,11,13-14,16,28H,2,10,12,15H2,1H3,(H,30,31,32). The summed E-state index contributed by atoms with van der Waals surface area (Å²) in [6, 6.07) is 18.0. The van der Waals surface area contributed by atoms with Crippen LogP contribution in [-0.2, 0) is 13.0 Å². The second-order valence-corrected chi connectivity index (χ2v) is 9.26. The topological polar surface area (TPSA) is 72.0 Å². The number of nitrogens with one attached hydrogen (secondary N) is 2. The quantitative estimate of drug-likeness (QED) is 0.234. The summed E-state index contributed by atoms with van der Waals surface area (Å²) >= 11 is 8.19. The molecule has 0 aliphatic heterocycles. The van der Waals surface area contributed by atoms with E-state index in [4.69, 9.17) is 16.3 Å². The molecule has 0 spiro atoms. The number of thiophene rings is 1. The molecule has 2 N–H and O–H groups in total. The van der Waals surface area contributed by atoms with E-state index in [2.05, 4.69) is 50.7 Å². The first-order valence-corrected chi connectivity index (χ1v) is 12.4. The zero-order valence-corrected chi connectivity index (χ0v) is 20.3. The van der Waals surface area contributed by atoms with Gasteiger partial charge in [-0.2, -0.15) is 0 Å². The average Bonchev–Trinajstić information content (AvgIpc) is 3.23. The monoisotopic (exact) mass is 489 g/mol. The highest BCUT2D eigenvalue weighted by molar-refractivity contribution is 7.25. The Bertz CT molecular complexity index is 1420.